The minimum Gasteiger partial charge on any atom is -0.399 e. The number of fused-ring (bicyclic) bond motifs is 1. The summed E-state index contributed by atoms with van der Waals surface area (Å²) in [6.07, 6.45) is 3.36. The first-order valence-electron chi connectivity index (χ1n) is 5.63. The maximum atomic E-state index is 11.9. The zero-order valence-corrected chi connectivity index (χ0v) is 10.7. The lowest BCUT2D eigenvalue weighted by Gasteiger charge is -2.04. The fraction of sp³-hybridized carbons (Fsp3) is 0.0833. The van der Waals surface area contributed by atoms with Crippen molar-refractivity contribution in [3.05, 3.63) is 36.0 Å². The van der Waals surface area contributed by atoms with E-state index in [0.717, 1.165) is 10.9 Å². The molecule has 0 saturated heterocycles. The van der Waals surface area contributed by atoms with Crippen LogP contribution in [-0.2, 0) is 11.3 Å². The second-order valence-electron chi connectivity index (χ2n) is 4.01. The standard InChI is InChI=1S/C12H11N5OS/c13-9-2-1-8-6-15-17(10(8)5-9)7-11(18)16-12-14-3-4-19-12/h1-6H,7,13H2,(H,14,16,18). The molecule has 1 aromatic carbocycles. The number of carbonyl (C=O) groups is 1. The van der Waals surface area contributed by atoms with Crippen LogP contribution in [0.15, 0.2) is 36.0 Å². The number of benzene rings is 1. The number of nitrogen functional groups attached to an aromatic ring is 1. The van der Waals surface area contributed by atoms with E-state index in [1.165, 1.54) is 11.3 Å². The molecule has 2 aromatic heterocycles. The fourth-order valence-electron chi connectivity index (χ4n) is 1.79. The van der Waals surface area contributed by atoms with Crippen LogP contribution in [0.2, 0.25) is 0 Å². The van der Waals surface area contributed by atoms with Crippen LogP contribution in [0.4, 0.5) is 10.8 Å². The molecule has 19 heavy (non-hydrogen) atoms. The summed E-state index contributed by atoms with van der Waals surface area (Å²) >= 11 is 1.38. The smallest absolute Gasteiger partial charge is 0.247 e. The first kappa shape index (κ1) is 11.7. The first-order chi connectivity index (χ1) is 9.22. The van der Waals surface area contributed by atoms with Crippen molar-refractivity contribution in [2.45, 2.75) is 6.54 Å². The SMILES string of the molecule is Nc1ccc2cnn(CC(=O)Nc3nccs3)c2c1. The summed E-state index contributed by atoms with van der Waals surface area (Å²) in [6.45, 7) is 0.131. The molecule has 0 radical (unpaired) electrons. The van der Waals surface area contributed by atoms with E-state index in [0.29, 0.717) is 10.8 Å². The van der Waals surface area contributed by atoms with Crippen LogP contribution in [0.5, 0.6) is 0 Å². The number of hydrogen-bond donors (Lipinski definition) is 2. The van der Waals surface area contributed by atoms with Crippen LogP contribution in [0.1, 0.15) is 0 Å². The van der Waals surface area contributed by atoms with E-state index in [2.05, 4.69) is 15.4 Å². The van der Waals surface area contributed by atoms with E-state index in [1.54, 1.807) is 28.5 Å². The minimum atomic E-state index is -0.164. The quantitative estimate of drug-likeness (QED) is 0.711. The maximum Gasteiger partial charge on any atom is 0.247 e. The number of anilines is 2. The summed E-state index contributed by atoms with van der Waals surface area (Å²) in [5, 5.41) is 10.2. The monoisotopic (exact) mass is 273 g/mol. The molecule has 0 fully saturated rings. The van der Waals surface area contributed by atoms with Crippen molar-refractivity contribution in [3.63, 3.8) is 0 Å². The van der Waals surface area contributed by atoms with Crippen molar-refractivity contribution < 1.29 is 4.79 Å². The third-order valence-corrected chi connectivity index (χ3v) is 3.33. The van der Waals surface area contributed by atoms with Gasteiger partial charge in [-0.1, -0.05) is 0 Å². The van der Waals surface area contributed by atoms with Crippen molar-refractivity contribution in [2.75, 3.05) is 11.1 Å². The van der Waals surface area contributed by atoms with Crippen molar-refractivity contribution in [1.29, 1.82) is 0 Å². The third-order valence-electron chi connectivity index (χ3n) is 2.64. The van der Waals surface area contributed by atoms with Crippen LogP contribution in [-0.4, -0.2) is 20.7 Å². The van der Waals surface area contributed by atoms with E-state index in [9.17, 15) is 4.79 Å². The Balaban J connectivity index is 1.81. The van der Waals surface area contributed by atoms with Gasteiger partial charge in [-0.15, -0.1) is 11.3 Å². The lowest BCUT2D eigenvalue weighted by molar-refractivity contribution is -0.116. The highest BCUT2D eigenvalue weighted by Crippen LogP contribution is 2.17. The number of rotatable bonds is 3. The number of thiazole rings is 1. The second-order valence-corrected chi connectivity index (χ2v) is 4.90. The molecule has 1 amide bonds. The third kappa shape index (κ3) is 2.41. The molecule has 0 unspecified atom stereocenters. The van der Waals surface area contributed by atoms with Crippen molar-refractivity contribution in [1.82, 2.24) is 14.8 Å². The molecule has 0 aliphatic carbocycles. The predicted molar refractivity (Wildman–Crippen MR) is 74.9 cm³/mol. The molecule has 6 nitrogen and oxygen atoms in total. The molecule has 0 aliphatic rings. The lowest BCUT2D eigenvalue weighted by Crippen LogP contribution is -2.19. The molecule has 7 heteroatoms. The van der Waals surface area contributed by atoms with Gasteiger partial charge in [0.05, 0.1) is 11.7 Å². The van der Waals surface area contributed by atoms with Crippen molar-refractivity contribution >= 4 is 39.0 Å². The van der Waals surface area contributed by atoms with Gasteiger partial charge >= 0.3 is 0 Å². The van der Waals surface area contributed by atoms with Gasteiger partial charge in [-0.3, -0.25) is 9.48 Å². The second kappa shape index (κ2) is 4.69. The van der Waals surface area contributed by atoms with Crippen LogP contribution < -0.4 is 11.1 Å². The normalized spacial score (nSPS) is 10.7. The van der Waals surface area contributed by atoms with E-state index < -0.39 is 0 Å². The minimum absolute atomic E-state index is 0.131. The Morgan fingerprint density at radius 2 is 2.37 bits per heavy atom. The van der Waals surface area contributed by atoms with E-state index in [4.69, 9.17) is 5.73 Å². The molecular formula is C12H11N5OS. The summed E-state index contributed by atoms with van der Waals surface area (Å²) in [5.41, 5.74) is 7.23. The zero-order valence-electron chi connectivity index (χ0n) is 9.91. The van der Waals surface area contributed by atoms with Crippen molar-refractivity contribution in [3.8, 4) is 0 Å². The molecule has 2 heterocycles. The van der Waals surface area contributed by atoms with Crippen LogP contribution >= 0.6 is 11.3 Å². The summed E-state index contributed by atoms with van der Waals surface area (Å²) in [7, 11) is 0. The number of nitrogens with zero attached hydrogens (tertiary/aromatic N) is 3. The molecule has 3 rings (SSSR count). The number of hydrogen-bond acceptors (Lipinski definition) is 5. The molecule has 3 N–H and O–H groups in total. The summed E-state index contributed by atoms with van der Waals surface area (Å²) in [5.74, 6) is -0.164. The molecule has 0 atom stereocenters. The number of nitrogens with one attached hydrogen (secondary N) is 1. The van der Waals surface area contributed by atoms with Gasteiger partial charge in [0.2, 0.25) is 5.91 Å². The van der Waals surface area contributed by atoms with E-state index in [1.807, 2.05) is 12.1 Å². The zero-order chi connectivity index (χ0) is 13.2. The predicted octanol–water partition coefficient (Wildman–Crippen LogP) is 1.71. The Kier molecular flexibility index (Phi) is 2.88. The largest absolute Gasteiger partial charge is 0.399 e. The Morgan fingerprint density at radius 1 is 1.47 bits per heavy atom. The Labute approximate surface area is 112 Å². The average Bonchev–Trinajstić information content (AvgIpc) is 3.00. The number of carbonyl (C=O) groups excluding carboxylic acids is 1. The van der Waals surface area contributed by atoms with Gasteiger partial charge in [-0.2, -0.15) is 5.10 Å². The van der Waals surface area contributed by atoms with Gasteiger partial charge in [-0.05, 0) is 18.2 Å². The molecule has 96 valence electrons. The van der Waals surface area contributed by atoms with Crippen LogP contribution in [0, 0.1) is 0 Å². The van der Waals surface area contributed by atoms with Gasteiger partial charge in [0, 0.05) is 22.7 Å². The highest BCUT2D eigenvalue weighted by molar-refractivity contribution is 7.13. The number of aromatic nitrogens is 3. The highest BCUT2D eigenvalue weighted by Gasteiger charge is 2.09. The van der Waals surface area contributed by atoms with E-state index in [-0.39, 0.29) is 12.5 Å². The van der Waals surface area contributed by atoms with Crippen LogP contribution in [0.3, 0.4) is 0 Å². The van der Waals surface area contributed by atoms with E-state index >= 15 is 0 Å². The van der Waals surface area contributed by atoms with Crippen molar-refractivity contribution in [2.24, 2.45) is 0 Å². The number of nitrogens with two attached hydrogens (primary N) is 1. The molecule has 0 saturated carbocycles. The molecule has 0 spiro atoms. The Hall–Kier alpha value is -2.41. The van der Waals surface area contributed by atoms with Gasteiger partial charge in [0.15, 0.2) is 5.13 Å². The molecule has 0 aliphatic heterocycles. The number of amides is 1. The fourth-order valence-corrected chi connectivity index (χ4v) is 2.34. The first-order valence-corrected chi connectivity index (χ1v) is 6.51. The molecular weight excluding hydrogens is 262 g/mol. The van der Waals surface area contributed by atoms with Crippen LogP contribution in [0.25, 0.3) is 10.9 Å². The Morgan fingerprint density at radius 3 is 3.16 bits per heavy atom. The Bertz CT molecular complexity index is 719. The van der Waals surface area contributed by atoms with Gasteiger partial charge < -0.3 is 11.1 Å². The highest BCUT2D eigenvalue weighted by atomic mass is 32.1. The van der Waals surface area contributed by atoms with Gasteiger partial charge in [0.1, 0.15) is 6.54 Å². The summed E-state index contributed by atoms with van der Waals surface area (Å²) in [6, 6.07) is 5.50. The average molecular weight is 273 g/mol. The summed E-state index contributed by atoms with van der Waals surface area (Å²) < 4.78 is 1.62. The molecule has 0 bridgehead atoms. The maximum absolute atomic E-state index is 11.9. The summed E-state index contributed by atoms with van der Waals surface area (Å²) in [4.78, 5) is 15.9. The molecule has 3 aromatic rings. The van der Waals surface area contributed by atoms with Gasteiger partial charge in [0.25, 0.3) is 0 Å². The lowest BCUT2D eigenvalue weighted by atomic mass is 10.2. The topological polar surface area (TPSA) is 85.8 Å². The van der Waals surface area contributed by atoms with Gasteiger partial charge in [-0.25, -0.2) is 4.98 Å².